The van der Waals surface area contributed by atoms with Gasteiger partial charge in [0.2, 0.25) is 0 Å². The van der Waals surface area contributed by atoms with E-state index in [4.69, 9.17) is 28.3 Å². The Morgan fingerprint density at radius 1 is 1.29 bits per heavy atom. The number of hydrogen-bond donors (Lipinski definition) is 2. The van der Waals surface area contributed by atoms with E-state index in [1.807, 2.05) is 0 Å². The largest absolute Gasteiger partial charge is 0.481 e. The third kappa shape index (κ3) is 2.70. The normalized spacial score (nSPS) is 22.0. The SMILES string of the molecule is O=C(NC1CC1C(=O)O)c1ccc(Cl)c(Cl)c1. The number of nitrogens with one attached hydrogen (secondary N) is 1. The van der Waals surface area contributed by atoms with E-state index in [1.54, 1.807) is 6.07 Å². The Bertz CT molecular complexity index is 490. The van der Waals surface area contributed by atoms with E-state index < -0.39 is 11.9 Å². The molecule has 2 unspecified atom stereocenters. The van der Waals surface area contributed by atoms with Gasteiger partial charge in [0.15, 0.2) is 0 Å². The van der Waals surface area contributed by atoms with Crippen LogP contribution in [0.25, 0.3) is 0 Å². The Morgan fingerprint density at radius 3 is 2.53 bits per heavy atom. The van der Waals surface area contributed by atoms with Gasteiger partial charge in [0.1, 0.15) is 0 Å². The van der Waals surface area contributed by atoms with Gasteiger partial charge >= 0.3 is 5.97 Å². The van der Waals surface area contributed by atoms with Gasteiger partial charge in [-0.2, -0.15) is 0 Å². The van der Waals surface area contributed by atoms with Gasteiger partial charge in [-0.05, 0) is 24.6 Å². The highest BCUT2D eigenvalue weighted by Crippen LogP contribution is 2.31. The van der Waals surface area contributed by atoms with Crippen LogP contribution in [0.2, 0.25) is 10.0 Å². The van der Waals surface area contributed by atoms with E-state index in [0.29, 0.717) is 22.0 Å². The fraction of sp³-hybridized carbons (Fsp3) is 0.273. The first-order valence-corrected chi connectivity index (χ1v) is 5.73. The Morgan fingerprint density at radius 2 is 2.00 bits per heavy atom. The molecule has 17 heavy (non-hydrogen) atoms. The maximum absolute atomic E-state index is 11.7. The van der Waals surface area contributed by atoms with Crippen molar-refractivity contribution >= 4 is 35.1 Å². The second-order valence-corrected chi connectivity index (χ2v) is 4.70. The molecule has 2 atom stereocenters. The Labute approximate surface area is 108 Å². The molecule has 2 rings (SSSR count). The van der Waals surface area contributed by atoms with Crippen LogP contribution in [0.1, 0.15) is 16.8 Å². The van der Waals surface area contributed by atoms with Crippen LogP contribution in [0.5, 0.6) is 0 Å². The van der Waals surface area contributed by atoms with Gasteiger partial charge in [0, 0.05) is 11.6 Å². The topological polar surface area (TPSA) is 66.4 Å². The standard InChI is InChI=1S/C11H9Cl2NO3/c12-7-2-1-5(3-8(7)13)10(15)14-9-4-6(9)11(16)17/h1-3,6,9H,4H2,(H,14,15)(H,16,17). The van der Waals surface area contributed by atoms with Gasteiger partial charge in [-0.25, -0.2) is 0 Å². The zero-order valence-electron chi connectivity index (χ0n) is 8.61. The molecule has 0 spiro atoms. The third-order valence-electron chi connectivity index (χ3n) is 2.61. The zero-order chi connectivity index (χ0) is 12.6. The first-order chi connectivity index (χ1) is 7.99. The van der Waals surface area contributed by atoms with Crippen molar-refractivity contribution in [2.75, 3.05) is 0 Å². The fourth-order valence-electron chi connectivity index (χ4n) is 1.52. The summed E-state index contributed by atoms with van der Waals surface area (Å²) in [5.41, 5.74) is 0.371. The van der Waals surface area contributed by atoms with Crippen LogP contribution in [0.3, 0.4) is 0 Å². The quantitative estimate of drug-likeness (QED) is 0.887. The maximum atomic E-state index is 11.7. The van der Waals surface area contributed by atoms with E-state index in [-0.39, 0.29) is 11.9 Å². The molecule has 4 nitrogen and oxygen atoms in total. The number of aliphatic carboxylic acids is 1. The van der Waals surface area contributed by atoms with Crippen molar-refractivity contribution in [3.63, 3.8) is 0 Å². The number of amides is 1. The molecular weight excluding hydrogens is 265 g/mol. The highest BCUT2D eigenvalue weighted by molar-refractivity contribution is 6.42. The summed E-state index contributed by atoms with van der Waals surface area (Å²) in [6, 6.07) is 4.24. The van der Waals surface area contributed by atoms with Crippen LogP contribution in [-0.4, -0.2) is 23.0 Å². The third-order valence-corrected chi connectivity index (χ3v) is 3.34. The number of carbonyl (C=O) groups is 2. The molecule has 1 saturated carbocycles. The van der Waals surface area contributed by atoms with Crippen molar-refractivity contribution in [2.24, 2.45) is 5.92 Å². The number of carboxylic acid groups (broad SMARTS) is 1. The maximum Gasteiger partial charge on any atom is 0.308 e. The van der Waals surface area contributed by atoms with Crippen molar-refractivity contribution in [1.82, 2.24) is 5.32 Å². The zero-order valence-corrected chi connectivity index (χ0v) is 10.1. The lowest BCUT2D eigenvalue weighted by atomic mass is 10.2. The lowest BCUT2D eigenvalue weighted by Crippen LogP contribution is -2.28. The molecule has 1 aliphatic rings. The molecule has 90 valence electrons. The second-order valence-electron chi connectivity index (χ2n) is 3.89. The molecule has 0 aromatic heterocycles. The van der Waals surface area contributed by atoms with Crippen molar-refractivity contribution in [3.8, 4) is 0 Å². The highest BCUT2D eigenvalue weighted by atomic mass is 35.5. The summed E-state index contributed by atoms with van der Waals surface area (Å²) in [6.45, 7) is 0. The Balaban J connectivity index is 2.01. The molecule has 1 aromatic rings. The molecule has 0 bridgehead atoms. The minimum absolute atomic E-state index is 0.283. The summed E-state index contributed by atoms with van der Waals surface area (Å²) in [5.74, 6) is -1.69. The molecule has 1 aromatic carbocycles. The van der Waals surface area contributed by atoms with Gasteiger partial charge in [0.25, 0.3) is 5.91 Å². The monoisotopic (exact) mass is 273 g/mol. The number of halogens is 2. The average molecular weight is 274 g/mol. The number of benzene rings is 1. The summed E-state index contributed by atoms with van der Waals surface area (Å²) in [7, 11) is 0. The predicted octanol–water partition coefficient (Wildman–Crippen LogP) is 2.20. The average Bonchev–Trinajstić information content (AvgIpc) is 3.01. The summed E-state index contributed by atoms with van der Waals surface area (Å²) in [5, 5.41) is 12.0. The van der Waals surface area contributed by atoms with Gasteiger partial charge in [0.05, 0.1) is 16.0 Å². The molecule has 2 N–H and O–H groups in total. The summed E-state index contributed by atoms with van der Waals surface area (Å²) in [4.78, 5) is 22.3. The van der Waals surface area contributed by atoms with Crippen LogP contribution >= 0.6 is 23.2 Å². The van der Waals surface area contributed by atoms with Crippen molar-refractivity contribution < 1.29 is 14.7 Å². The summed E-state index contributed by atoms with van der Waals surface area (Å²) < 4.78 is 0. The van der Waals surface area contributed by atoms with Crippen molar-refractivity contribution in [2.45, 2.75) is 12.5 Å². The smallest absolute Gasteiger partial charge is 0.308 e. The van der Waals surface area contributed by atoms with Crippen LogP contribution in [0, 0.1) is 5.92 Å². The lowest BCUT2D eigenvalue weighted by Gasteiger charge is -2.04. The van der Waals surface area contributed by atoms with Crippen molar-refractivity contribution in [3.05, 3.63) is 33.8 Å². The first-order valence-electron chi connectivity index (χ1n) is 4.98. The lowest BCUT2D eigenvalue weighted by molar-refractivity contribution is -0.138. The van der Waals surface area contributed by atoms with Gasteiger partial charge in [-0.1, -0.05) is 23.2 Å². The number of hydrogen-bond acceptors (Lipinski definition) is 2. The molecule has 0 heterocycles. The van der Waals surface area contributed by atoms with E-state index in [9.17, 15) is 9.59 Å². The Hall–Kier alpha value is -1.26. The predicted molar refractivity (Wildman–Crippen MR) is 63.5 cm³/mol. The van der Waals surface area contributed by atoms with Gasteiger partial charge in [-0.3, -0.25) is 9.59 Å². The molecule has 1 aliphatic carbocycles. The fourth-order valence-corrected chi connectivity index (χ4v) is 1.81. The van der Waals surface area contributed by atoms with E-state index in [2.05, 4.69) is 5.32 Å². The minimum atomic E-state index is -0.885. The molecule has 1 fully saturated rings. The second kappa shape index (κ2) is 4.55. The highest BCUT2D eigenvalue weighted by Gasteiger charge is 2.44. The van der Waals surface area contributed by atoms with Crippen LogP contribution < -0.4 is 5.32 Å². The number of rotatable bonds is 3. The first kappa shape index (κ1) is 12.2. The van der Waals surface area contributed by atoms with Gasteiger partial charge in [-0.15, -0.1) is 0 Å². The Kier molecular flexibility index (Phi) is 3.26. The molecule has 0 aliphatic heterocycles. The summed E-state index contributed by atoms with van der Waals surface area (Å²) in [6.07, 6.45) is 0.475. The van der Waals surface area contributed by atoms with Crippen molar-refractivity contribution in [1.29, 1.82) is 0 Å². The van der Waals surface area contributed by atoms with E-state index in [1.165, 1.54) is 12.1 Å². The van der Waals surface area contributed by atoms with E-state index >= 15 is 0 Å². The molecule has 0 radical (unpaired) electrons. The minimum Gasteiger partial charge on any atom is -0.481 e. The van der Waals surface area contributed by atoms with Gasteiger partial charge < -0.3 is 10.4 Å². The van der Waals surface area contributed by atoms with Crippen LogP contribution in [-0.2, 0) is 4.79 Å². The number of carboxylic acids is 1. The van der Waals surface area contributed by atoms with E-state index in [0.717, 1.165) is 0 Å². The van der Waals surface area contributed by atoms with Crippen LogP contribution in [0.4, 0.5) is 0 Å². The molecule has 0 saturated heterocycles. The summed E-state index contributed by atoms with van der Waals surface area (Å²) >= 11 is 11.5. The molecular formula is C11H9Cl2NO3. The molecule has 1 amide bonds. The van der Waals surface area contributed by atoms with Crippen LogP contribution in [0.15, 0.2) is 18.2 Å². The molecule has 6 heteroatoms. The number of carbonyl (C=O) groups excluding carboxylic acids is 1.